The number of aliphatic hydroxyl groups is 1. The first-order chi connectivity index (χ1) is 32.0. The third-order valence-corrected chi connectivity index (χ3v) is 13.6. The van der Waals surface area contributed by atoms with Gasteiger partial charge in [-0.15, -0.1) is 0 Å². The lowest BCUT2D eigenvalue weighted by atomic mass is 10.0. The van der Waals surface area contributed by atoms with Crippen molar-refractivity contribution in [2.75, 3.05) is 40.9 Å². The van der Waals surface area contributed by atoms with Gasteiger partial charge in [-0.3, -0.25) is 13.8 Å². The molecule has 3 N–H and O–H groups in total. The minimum atomic E-state index is -4.32. The van der Waals surface area contributed by atoms with Crippen LogP contribution < -0.4 is 5.32 Å². The zero-order valence-corrected chi connectivity index (χ0v) is 45.1. The molecule has 0 aromatic rings. The number of likely N-dealkylation sites (N-methyl/N-ethyl adjacent to an activating group) is 1. The summed E-state index contributed by atoms with van der Waals surface area (Å²) in [4.78, 5) is 23.3. The summed E-state index contributed by atoms with van der Waals surface area (Å²) in [5.41, 5.74) is 0. The van der Waals surface area contributed by atoms with Crippen LogP contribution in [-0.4, -0.2) is 73.4 Å². The maximum Gasteiger partial charge on any atom is 0.472 e. The van der Waals surface area contributed by atoms with Crippen LogP contribution in [0.2, 0.25) is 0 Å². The summed E-state index contributed by atoms with van der Waals surface area (Å²) in [6.07, 6.45) is 63.0. The Morgan fingerprint density at radius 1 is 0.530 bits per heavy atom. The maximum absolute atomic E-state index is 13.0. The van der Waals surface area contributed by atoms with Gasteiger partial charge in [0, 0.05) is 6.42 Å². The summed E-state index contributed by atoms with van der Waals surface area (Å²) in [5.74, 6) is -0.145. The molecule has 66 heavy (non-hydrogen) atoms. The lowest BCUT2D eigenvalue weighted by molar-refractivity contribution is -0.870. The van der Waals surface area contributed by atoms with Gasteiger partial charge < -0.3 is 19.8 Å². The van der Waals surface area contributed by atoms with Crippen molar-refractivity contribution in [2.45, 2.75) is 270 Å². The first-order valence-corrected chi connectivity index (χ1v) is 29.5. The Hall–Kier alpha value is -1.54. The molecule has 0 fully saturated rings. The van der Waals surface area contributed by atoms with Crippen LogP contribution in [0.3, 0.4) is 0 Å². The number of unbranched alkanes of at least 4 members (excludes halogenated alkanes) is 30. The average molecular weight is 950 g/mol. The maximum atomic E-state index is 13.0. The standard InChI is InChI=1S/C57H109N2O6P/c1-6-8-10-12-14-16-18-20-22-24-26-27-28-29-30-31-33-35-37-39-41-43-45-47-49-51-57(61)58-55(54-65-66(62,63)64-53-52-59(3,4)5)56(60)50-48-46-44-42-40-38-36-34-32-25-23-21-19-17-15-13-11-9-7-2/h8,10,14,16,20,22,26-27,55-56,60H,6-7,9,11-13,15,17-19,21,23-25,28-54H2,1-5H3,(H-,58,61,62,63)/p+1/b10-8-,16-14-,22-20-,27-26-. The Bertz CT molecular complexity index is 1210. The fourth-order valence-corrected chi connectivity index (χ4v) is 8.95. The highest BCUT2D eigenvalue weighted by molar-refractivity contribution is 7.47. The second-order valence-electron chi connectivity index (χ2n) is 20.3. The Morgan fingerprint density at radius 2 is 0.909 bits per heavy atom. The summed E-state index contributed by atoms with van der Waals surface area (Å²) in [5, 5.41) is 14.1. The fraction of sp³-hybridized carbons (Fsp3) is 0.842. The highest BCUT2D eigenvalue weighted by Crippen LogP contribution is 2.43. The van der Waals surface area contributed by atoms with Crippen LogP contribution in [-0.2, 0) is 18.4 Å². The van der Waals surface area contributed by atoms with E-state index in [1.54, 1.807) is 0 Å². The number of nitrogens with zero attached hydrogens (tertiary/aromatic N) is 1. The zero-order valence-electron chi connectivity index (χ0n) is 44.2. The van der Waals surface area contributed by atoms with Gasteiger partial charge in [0.1, 0.15) is 13.2 Å². The van der Waals surface area contributed by atoms with Crippen LogP contribution in [0.15, 0.2) is 48.6 Å². The SMILES string of the molecule is CC/C=C\C/C=C\C/C=C\C/C=C\CCCCCCCCCCCCCCC(=O)NC(COP(=O)(O)OCC[N+](C)(C)C)C(O)CCCCCCCCCCCCCCCCCCCCC. The quantitative estimate of drug-likeness (QED) is 0.0243. The molecular weight excluding hydrogens is 840 g/mol. The van der Waals surface area contributed by atoms with E-state index in [0.717, 1.165) is 64.2 Å². The Morgan fingerprint density at radius 3 is 1.33 bits per heavy atom. The first-order valence-electron chi connectivity index (χ1n) is 28.0. The second kappa shape index (κ2) is 48.5. The summed E-state index contributed by atoms with van der Waals surface area (Å²) in [6, 6.07) is -0.763. The third kappa shape index (κ3) is 50.3. The van der Waals surface area contributed by atoms with Crippen molar-refractivity contribution in [1.29, 1.82) is 0 Å². The Kier molecular flexibility index (Phi) is 47.4. The smallest absolute Gasteiger partial charge is 0.391 e. The van der Waals surface area contributed by atoms with E-state index in [9.17, 15) is 19.4 Å². The monoisotopic (exact) mass is 950 g/mol. The van der Waals surface area contributed by atoms with Gasteiger partial charge in [-0.05, 0) is 51.4 Å². The van der Waals surface area contributed by atoms with Gasteiger partial charge in [-0.25, -0.2) is 4.57 Å². The fourth-order valence-electron chi connectivity index (χ4n) is 8.22. The molecular formula is C57H110N2O6P+. The topological polar surface area (TPSA) is 105 Å². The minimum absolute atomic E-state index is 0.0738. The summed E-state index contributed by atoms with van der Waals surface area (Å²) >= 11 is 0. The number of allylic oxidation sites excluding steroid dienone is 8. The third-order valence-electron chi connectivity index (χ3n) is 12.6. The number of quaternary nitrogens is 1. The van der Waals surface area contributed by atoms with Crippen LogP contribution in [0.4, 0.5) is 0 Å². The molecule has 0 spiro atoms. The molecule has 0 saturated carbocycles. The molecule has 0 bridgehead atoms. The molecule has 9 heteroatoms. The Labute approximate surface area is 409 Å². The second-order valence-corrected chi connectivity index (χ2v) is 21.7. The van der Waals surface area contributed by atoms with E-state index in [2.05, 4.69) is 67.8 Å². The number of carbonyl (C=O) groups is 1. The molecule has 1 amide bonds. The Balaban J connectivity index is 4.18. The number of aliphatic hydroxyl groups excluding tert-OH is 1. The number of phosphoric acid groups is 1. The lowest BCUT2D eigenvalue weighted by Gasteiger charge is -2.26. The summed E-state index contributed by atoms with van der Waals surface area (Å²) in [6.45, 7) is 4.80. The van der Waals surface area contributed by atoms with Gasteiger partial charge in [-0.2, -0.15) is 0 Å². The average Bonchev–Trinajstić information content (AvgIpc) is 3.28. The van der Waals surface area contributed by atoms with E-state index < -0.39 is 20.0 Å². The normalized spacial score (nSPS) is 14.3. The van der Waals surface area contributed by atoms with Crippen LogP contribution in [0, 0.1) is 0 Å². The van der Waals surface area contributed by atoms with Crippen molar-refractivity contribution < 1.29 is 32.9 Å². The molecule has 0 heterocycles. The number of nitrogens with one attached hydrogen (secondary N) is 1. The highest BCUT2D eigenvalue weighted by Gasteiger charge is 2.28. The molecule has 0 aromatic carbocycles. The summed E-state index contributed by atoms with van der Waals surface area (Å²) in [7, 11) is 1.62. The number of amides is 1. The van der Waals surface area contributed by atoms with Gasteiger partial charge in [0.2, 0.25) is 5.91 Å². The van der Waals surface area contributed by atoms with Gasteiger partial charge in [-0.1, -0.05) is 249 Å². The molecule has 3 unspecified atom stereocenters. The van der Waals surface area contributed by atoms with E-state index in [-0.39, 0.29) is 19.1 Å². The van der Waals surface area contributed by atoms with E-state index in [0.29, 0.717) is 23.9 Å². The number of rotatable bonds is 51. The lowest BCUT2D eigenvalue weighted by Crippen LogP contribution is -2.46. The number of carbonyl (C=O) groups excluding carboxylic acids is 1. The minimum Gasteiger partial charge on any atom is -0.391 e. The summed E-state index contributed by atoms with van der Waals surface area (Å²) < 4.78 is 23.8. The van der Waals surface area contributed by atoms with Crippen LogP contribution >= 0.6 is 7.82 Å². The van der Waals surface area contributed by atoms with Crippen molar-refractivity contribution in [3.05, 3.63) is 48.6 Å². The molecule has 0 aromatic heterocycles. The highest BCUT2D eigenvalue weighted by atomic mass is 31.2. The molecule has 0 saturated heterocycles. The number of hydrogen-bond donors (Lipinski definition) is 3. The number of hydrogen-bond acceptors (Lipinski definition) is 5. The van der Waals surface area contributed by atoms with Crippen molar-refractivity contribution in [1.82, 2.24) is 5.32 Å². The van der Waals surface area contributed by atoms with Crippen molar-refractivity contribution >= 4 is 13.7 Å². The van der Waals surface area contributed by atoms with Crippen LogP contribution in [0.5, 0.6) is 0 Å². The van der Waals surface area contributed by atoms with Crippen molar-refractivity contribution in [2.24, 2.45) is 0 Å². The first kappa shape index (κ1) is 64.5. The van der Waals surface area contributed by atoms with Crippen LogP contribution in [0.1, 0.15) is 258 Å². The van der Waals surface area contributed by atoms with Crippen molar-refractivity contribution in [3.8, 4) is 0 Å². The molecule has 0 aliphatic rings. The predicted octanol–water partition coefficient (Wildman–Crippen LogP) is 16.8. The van der Waals surface area contributed by atoms with Gasteiger partial charge >= 0.3 is 7.82 Å². The molecule has 0 radical (unpaired) electrons. The molecule has 0 aliphatic carbocycles. The molecule has 388 valence electrons. The number of phosphoric ester groups is 1. The van der Waals surface area contributed by atoms with E-state index in [1.807, 2.05) is 21.1 Å². The van der Waals surface area contributed by atoms with Gasteiger partial charge in [0.15, 0.2) is 0 Å². The van der Waals surface area contributed by atoms with Crippen molar-refractivity contribution in [3.63, 3.8) is 0 Å². The van der Waals surface area contributed by atoms with Crippen LogP contribution in [0.25, 0.3) is 0 Å². The molecule has 0 aliphatic heterocycles. The van der Waals surface area contributed by atoms with E-state index in [4.69, 9.17) is 9.05 Å². The zero-order chi connectivity index (χ0) is 48.5. The molecule has 0 rings (SSSR count). The molecule has 8 nitrogen and oxygen atoms in total. The van der Waals surface area contributed by atoms with E-state index >= 15 is 0 Å². The van der Waals surface area contributed by atoms with E-state index in [1.165, 1.54) is 167 Å². The van der Waals surface area contributed by atoms with Gasteiger partial charge in [0.05, 0.1) is 39.9 Å². The van der Waals surface area contributed by atoms with Gasteiger partial charge in [0.25, 0.3) is 0 Å². The predicted molar refractivity (Wildman–Crippen MR) is 286 cm³/mol. The molecule has 3 atom stereocenters. The largest absolute Gasteiger partial charge is 0.472 e.